The van der Waals surface area contributed by atoms with E-state index in [2.05, 4.69) is 14.4 Å². The minimum Gasteiger partial charge on any atom is -0.598 e. The number of hydrogen-bond donors (Lipinski definition) is 2. The van der Waals surface area contributed by atoms with Gasteiger partial charge in [-0.25, -0.2) is 18.6 Å². The summed E-state index contributed by atoms with van der Waals surface area (Å²) in [4.78, 5) is 14.6. The summed E-state index contributed by atoms with van der Waals surface area (Å²) in [7, 11) is 0. The van der Waals surface area contributed by atoms with Gasteiger partial charge in [-0.3, -0.25) is 0 Å². The molecular formula is C13H19F2N3O3S. The lowest BCUT2D eigenvalue weighted by atomic mass is 10.2. The second kappa shape index (κ2) is 7.21. The van der Waals surface area contributed by atoms with E-state index in [1.54, 1.807) is 27.7 Å². The van der Waals surface area contributed by atoms with Crippen LogP contribution in [0.2, 0.25) is 0 Å². The highest BCUT2D eigenvalue weighted by molar-refractivity contribution is 7.90. The van der Waals surface area contributed by atoms with Crippen molar-refractivity contribution >= 4 is 17.5 Å². The fraction of sp³-hybridized carbons (Fsp3) is 0.538. The summed E-state index contributed by atoms with van der Waals surface area (Å²) in [6.07, 6.45) is -3.95. The number of carbonyl (C=O) groups excluding carboxylic acids is 1. The quantitative estimate of drug-likeness (QED) is 0.806. The van der Waals surface area contributed by atoms with E-state index < -0.39 is 40.4 Å². The zero-order chi connectivity index (χ0) is 17.1. The van der Waals surface area contributed by atoms with Crippen molar-refractivity contribution in [3.63, 3.8) is 0 Å². The van der Waals surface area contributed by atoms with Gasteiger partial charge in [0.1, 0.15) is 16.2 Å². The Morgan fingerprint density at radius 2 is 1.95 bits per heavy atom. The Morgan fingerprint density at radius 3 is 2.41 bits per heavy atom. The topological polar surface area (TPSA) is 100 Å². The Labute approximate surface area is 130 Å². The average molecular weight is 335 g/mol. The minimum absolute atomic E-state index is 0.136. The van der Waals surface area contributed by atoms with Crippen LogP contribution in [0.3, 0.4) is 0 Å². The molecular weight excluding hydrogens is 316 g/mol. The minimum atomic E-state index is -2.84. The summed E-state index contributed by atoms with van der Waals surface area (Å²) >= 11 is -1.41. The molecule has 0 saturated carbocycles. The highest BCUT2D eigenvalue weighted by Crippen LogP contribution is 2.26. The van der Waals surface area contributed by atoms with Gasteiger partial charge in [-0.1, -0.05) is 0 Å². The van der Waals surface area contributed by atoms with Gasteiger partial charge in [-0.05, 0) is 27.7 Å². The first-order valence-corrected chi connectivity index (χ1v) is 7.61. The fourth-order valence-electron chi connectivity index (χ4n) is 1.45. The van der Waals surface area contributed by atoms with Crippen molar-refractivity contribution in [3.8, 4) is 5.75 Å². The standard InChI is InChI=1S/C13H19F2N3O3S/c1-7(18-22(20)13(2,3)4)9-5-8(21-12(16)19)6-10(17-9)11(14)15/h5-7,11,18H,1-4H3,(H2,16,19)/t7-,22+/m1/s1. The first-order chi connectivity index (χ1) is 10.0. The number of amides is 1. The zero-order valence-corrected chi connectivity index (χ0v) is 13.5. The summed E-state index contributed by atoms with van der Waals surface area (Å²) in [5.41, 5.74) is 4.50. The zero-order valence-electron chi connectivity index (χ0n) is 12.7. The van der Waals surface area contributed by atoms with Crippen LogP contribution in [0.1, 0.15) is 51.6 Å². The van der Waals surface area contributed by atoms with E-state index in [0.717, 1.165) is 6.07 Å². The van der Waals surface area contributed by atoms with Crippen LogP contribution < -0.4 is 15.2 Å². The first-order valence-electron chi connectivity index (χ1n) is 6.46. The van der Waals surface area contributed by atoms with Crippen molar-refractivity contribution in [2.75, 3.05) is 0 Å². The molecule has 0 saturated heterocycles. The van der Waals surface area contributed by atoms with Gasteiger partial charge in [-0.15, -0.1) is 4.72 Å². The van der Waals surface area contributed by atoms with Crippen molar-refractivity contribution in [2.24, 2.45) is 5.73 Å². The maximum absolute atomic E-state index is 12.9. The Kier molecular flexibility index (Phi) is 6.09. The summed E-state index contributed by atoms with van der Waals surface area (Å²) in [6.45, 7) is 6.93. The molecule has 0 bridgehead atoms. The molecule has 1 aromatic heterocycles. The molecule has 0 aliphatic rings. The lowest BCUT2D eigenvalue weighted by molar-refractivity contribution is 0.145. The maximum atomic E-state index is 12.9. The van der Waals surface area contributed by atoms with Crippen LogP contribution in [0.15, 0.2) is 12.1 Å². The second-order valence-electron chi connectivity index (χ2n) is 5.60. The van der Waals surface area contributed by atoms with Gasteiger partial charge in [0.2, 0.25) is 0 Å². The number of hydrogen-bond acceptors (Lipinski definition) is 5. The molecule has 22 heavy (non-hydrogen) atoms. The van der Waals surface area contributed by atoms with Crippen LogP contribution >= 0.6 is 0 Å². The molecule has 3 N–H and O–H groups in total. The highest BCUT2D eigenvalue weighted by Gasteiger charge is 2.29. The summed E-state index contributed by atoms with van der Waals surface area (Å²) in [5.74, 6) is -0.136. The molecule has 0 aliphatic heterocycles. The second-order valence-corrected chi connectivity index (χ2v) is 7.59. The summed E-state index contributed by atoms with van der Waals surface area (Å²) < 4.78 is 44.7. The van der Waals surface area contributed by atoms with E-state index in [-0.39, 0.29) is 11.4 Å². The first kappa shape index (κ1) is 18.6. The smallest absolute Gasteiger partial charge is 0.409 e. The lowest BCUT2D eigenvalue weighted by Crippen LogP contribution is -2.40. The molecule has 0 spiro atoms. The van der Waals surface area contributed by atoms with E-state index in [9.17, 15) is 18.1 Å². The van der Waals surface area contributed by atoms with Gasteiger partial charge in [-0.2, -0.15) is 0 Å². The average Bonchev–Trinajstić information content (AvgIpc) is 2.36. The van der Waals surface area contributed by atoms with Crippen LogP contribution in [0.4, 0.5) is 13.6 Å². The fourth-order valence-corrected chi connectivity index (χ4v) is 2.25. The molecule has 2 atom stereocenters. The molecule has 0 unspecified atom stereocenters. The Bertz CT molecular complexity index is 538. The SMILES string of the molecule is C[C@@H](N[S@@+]([O-])C(C)(C)C)c1cc(OC(N)=O)cc(C(F)F)n1. The number of ether oxygens (including phenoxy) is 1. The van der Waals surface area contributed by atoms with E-state index in [1.807, 2.05) is 0 Å². The number of pyridine rings is 1. The number of alkyl halides is 2. The lowest BCUT2D eigenvalue weighted by Gasteiger charge is -2.26. The monoisotopic (exact) mass is 335 g/mol. The van der Waals surface area contributed by atoms with E-state index in [1.165, 1.54) is 6.07 Å². The molecule has 9 heteroatoms. The summed E-state index contributed by atoms with van der Waals surface area (Å²) in [6, 6.07) is 1.65. The van der Waals surface area contributed by atoms with Crippen molar-refractivity contribution in [3.05, 3.63) is 23.5 Å². The maximum Gasteiger partial charge on any atom is 0.409 e. The van der Waals surface area contributed by atoms with Crippen molar-refractivity contribution < 1.29 is 22.9 Å². The molecule has 6 nitrogen and oxygen atoms in total. The van der Waals surface area contributed by atoms with Crippen molar-refractivity contribution in [1.29, 1.82) is 0 Å². The summed E-state index contributed by atoms with van der Waals surface area (Å²) in [5, 5.41) is 0. The molecule has 1 aromatic rings. The predicted octanol–water partition coefficient (Wildman–Crippen LogP) is 2.59. The molecule has 0 radical (unpaired) electrons. The van der Waals surface area contributed by atoms with Crippen LogP contribution in [-0.2, 0) is 11.4 Å². The number of nitrogens with two attached hydrogens (primary N) is 1. The molecule has 0 fully saturated rings. The largest absolute Gasteiger partial charge is 0.598 e. The number of nitrogens with zero attached hydrogens (tertiary/aromatic N) is 1. The number of carbonyl (C=O) groups is 1. The normalized spacial score (nSPS) is 14.7. The molecule has 124 valence electrons. The number of rotatable bonds is 5. The van der Waals surface area contributed by atoms with E-state index in [0.29, 0.717) is 0 Å². The number of halogens is 2. The molecule has 1 rings (SSSR count). The number of nitrogens with one attached hydrogen (secondary N) is 1. The highest BCUT2D eigenvalue weighted by atomic mass is 32.2. The van der Waals surface area contributed by atoms with Gasteiger partial charge < -0.3 is 15.0 Å². The van der Waals surface area contributed by atoms with Gasteiger partial charge >= 0.3 is 6.09 Å². The van der Waals surface area contributed by atoms with E-state index >= 15 is 0 Å². The van der Waals surface area contributed by atoms with Gasteiger partial charge in [0.15, 0.2) is 0 Å². The van der Waals surface area contributed by atoms with E-state index in [4.69, 9.17) is 5.73 Å². The van der Waals surface area contributed by atoms with Gasteiger partial charge in [0.25, 0.3) is 6.43 Å². The van der Waals surface area contributed by atoms with Crippen LogP contribution in [0.25, 0.3) is 0 Å². The molecule has 1 amide bonds. The van der Waals surface area contributed by atoms with Gasteiger partial charge in [0.05, 0.1) is 11.7 Å². The van der Waals surface area contributed by atoms with Crippen LogP contribution in [-0.4, -0.2) is 20.4 Å². The number of primary amides is 1. The van der Waals surface area contributed by atoms with Crippen LogP contribution in [0.5, 0.6) is 5.75 Å². The Balaban J connectivity index is 3.06. The third kappa shape index (κ3) is 5.39. The van der Waals surface area contributed by atoms with Crippen LogP contribution in [0, 0.1) is 0 Å². The molecule has 0 aliphatic carbocycles. The molecule has 0 aromatic carbocycles. The third-order valence-electron chi connectivity index (χ3n) is 2.56. The predicted molar refractivity (Wildman–Crippen MR) is 78.9 cm³/mol. The molecule has 1 heterocycles. The van der Waals surface area contributed by atoms with Gasteiger partial charge in [0, 0.05) is 23.5 Å². The Hall–Kier alpha value is -1.45. The third-order valence-corrected chi connectivity index (χ3v) is 4.24. The van der Waals surface area contributed by atoms with Crippen molar-refractivity contribution in [1.82, 2.24) is 9.71 Å². The Morgan fingerprint density at radius 1 is 1.41 bits per heavy atom. The van der Waals surface area contributed by atoms with Crippen molar-refractivity contribution in [2.45, 2.75) is 44.9 Å². The number of aromatic nitrogens is 1.